The summed E-state index contributed by atoms with van der Waals surface area (Å²) in [5.74, 6) is 2.76. The first kappa shape index (κ1) is 19.0. The Balaban J connectivity index is 1.33. The minimum atomic E-state index is 0.311. The Kier molecular flexibility index (Phi) is 5.12. The molecule has 1 atom stereocenters. The Morgan fingerprint density at radius 3 is 2.77 bits per heavy atom. The molecule has 2 aliphatic rings. The lowest BCUT2D eigenvalue weighted by molar-refractivity contribution is 0.122. The predicted molar refractivity (Wildman–Crippen MR) is 116 cm³/mol. The largest absolute Gasteiger partial charge is 0.378 e. The fourth-order valence-electron chi connectivity index (χ4n) is 4.28. The average Bonchev–Trinajstić information content (AvgIpc) is 3.14. The van der Waals surface area contributed by atoms with Crippen LogP contribution in [0.25, 0.3) is 5.65 Å². The van der Waals surface area contributed by atoms with Gasteiger partial charge in [0.05, 0.1) is 18.9 Å². The van der Waals surface area contributed by atoms with Gasteiger partial charge in [0.1, 0.15) is 11.6 Å². The van der Waals surface area contributed by atoms with Crippen molar-refractivity contribution in [3.63, 3.8) is 0 Å². The second-order valence-corrected chi connectivity index (χ2v) is 8.08. The van der Waals surface area contributed by atoms with Gasteiger partial charge in [0, 0.05) is 56.2 Å². The highest BCUT2D eigenvalue weighted by Gasteiger charge is 2.23. The van der Waals surface area contributed by atoms with E-state index in [-0.39, 0.29) is 0 Å². The third-order valence-corrected chi connectivity index (χ3v) is 5.69. The van der Waals surface area contributed by atoms with E-state index in [4.69, 9.17) is 9.72 Å². The van der Waals surface area contributed by atoms with Crippen LogP contribution in [0.1, 0.15) is 24.2 Å². The molecule has 0 aliphatic carbocycles. The van der Waals surface area contributed by atoms with Crippen LogP contribution in [0.15, 0.2) is 24.4 Å². The van der Waals surface area contributed by atoms with Crippen molar-refractivity contribution in [1.82, 2.24) is 24.6 Å². The zero-order chi connectivity index (χ0) is 20.5. The lowest BCUT2D eigenvalue weighted by atomic mass is 10.1. The summed E-state index contributed by atoms with van der Waals surface area (Å²) in [5, 5.41) is 8.29. The first-order valence-corrected chi connectivity index (χ1v) is 10.7. The van der Waals surface area contributed by atoms with E-state index in [1.807, 2.05) is 36.7 Å². The molecule has 0 amide bonds. The van der Waals surface area contributed by atoms with E-state index >= 15 is 0 Å². The van der Waals surface area contributed by atoms with Crippen molar-refractivity contribution >= 4 is 23.2 Å². The van der Waals surface area contributed by atoms with E-state index in [9.17, 15) is 0 Å². The van der Waals surface area contributed by atoms with Crippen molar-refractivity contribution in [3.05, 3.63) is 35.8 Å². The first-order chi connectivity index (χ1) is 14.7. The van der Waals surface area contributed by atoms with Gasteiger partial charge in [-0.15, -0.1) is 0 Å². The number of hydrogen-bond acceptors (Lipinski definition) is 8. The summed E-state index contributed by atoms with van der Waals surface area (Å²) in [7, 11) is 0. The zero-order valence-electron chi connectivity index (χ0n) is 17.6. The lowest BCUT2D eigenvalue weighted by Gasteiger charge is -2.35. The van der Waals surface area contributed by atoms with Gasteiger partial charge in [0.25, 0.3) is 0 Å². The Bertz CT molecular complexity index is 1030. The van der Waals surface area contributed by atoms with Gasteiger partial charge >= 0.3 is 0 Å². The minimum Gasteiger partial charge on any atom is -0.378 e. The highest BCUT2D eigenvalue weighted by molar-refractivity contribution is 5.53. The summed E-state index contributed by atoms with van der Waals surface area (Å²) in [4.78, 5) is 18.4. The number of nitrogens with one attached hydrogen (secondary N) is 1. The third-order valence-electron chi connectivity index (χ3n) is 5.69. The van der Waals surface area contributed by atoms with Crippen molar-refractivity contribution in [2.45, 2.75) is 32.7 Å². The molecule has 1 unspecified atom stereocenters. The van der Waals surface area contributed by atoms with Gasteiger partial charge in [-0.2, -0.15) is 14.6 Å². The summed E-state index contributed by atoms with van der Waals surface area (Å²) in [6, 6.07) is 6.42. The monoisotopic (exact) mass is 408 g/mol. The highest BCUT2D eigenvalue weighted by Crippen LogP contribution is 2.24. The Morgan fingerprint density at radius 2 is 1.90 bits per heavy atom. The molecule has 0 spiro atoms. The number of aromatic nitrogens is 5. The number of hydrogen-bond donors (Lipinski definition) is 1. The van der Waals surface area contributed by atoms with Crippen LogP contribution in [0, 0.1) is 13.8 Å². The van der Waals surface area contributed by atoms with Crippen molar-refractivity contribution in [2.24, 2.45) is 0 Å². The topological polar surface area (TPSA) is 83.7 Å². The number of morpholine rings is 1. The summed E-state index contributed by atoms with van der Waals surface area (Å²) >= 11 is 0. The van der Waals surface area contributed by atoms with Crippen LogP contribution in [0.4, 0.5) is 17.6 Å². The number of ether oxygens (including phenoxy) is 1. The third kappa shape index (κ3) is 3.89. The maximum absolute atomic E-state index is 5.44. The highest BCUT2D eigenvalue weighted by atomic mass is 16.5. The number of aryl methyl sites for hydroxylation is 2. The van der Waals surface area contributed by atoms with Gasteiger partial charge in [-0.25, -0.2) is 9.97 Å². The maximum Gasteiger partial charge on any atom is 0.227 e. The Morgan fingerprint density at radius 1 is 1.03 bits per heavy atom. The molecule has 2 aliphatic heterocycles. The van der Waals surface area contributed by atoms with E-state index in [0.717, 1.165) is 86.9 Å². The molecule has 2 fully saturated rings. The van der Waals surface area contributed by atoms with E-state index in [1.54, 1.807) is 0 Å². The van der Waals surface area contributed by atoms with Gasteiger partial charge in [-0.3, -0.25) is 0 Å². The molecule has 0 saturated carbocycles. The van der Waals surface area contributed by atoms with Crippen molar-refractivity contribution in [1.29, 1.82) is 0 Å². The second-order valence-electron chi connectivity index (χ2n) is 8.08. The summed E-state index contributed by atoms with van der Waals surface area (Å²) < 4.78 is 7.40. The summed E-state index contributed by atoms with van der Waals surface area (Å²) in [5.41, 5.74) is 2.90. The average molecular weight is 409 g/mol. The fraction of sp³-hybridized carbons (Fsp3) is 0.524. The molecule has 30 heavy (non-hydrogen) atoms. The van der Waals surface area contributed by atoms with Crippen LogP contribution < -0.4 is 15.1 Å². The van der Waals surface area contributed by atoms with Crippen LogP contribution >= 0.6 is 0 Å². The van der Waals surface area contributed by atoms with Crippen molar-refractivity contribution < 1.29 is 4.74 Å². The zero-order valence-corrected chi connectivity index (χ0v) is 17.6. The van der Waals surface area contributed by atoms with Crippen LogP contribution in [0.3, 0.4) is 0 Å². The van der Waals surface area contributed by atoms with Crippen molar-refractivity contribution in [3.8, 4) is 0 Å². The number of fused-ring (bicyclic) bond motifs is 1. The molecule has 158 valence electrons. The smallest absolute Gasteiger partial charge is 0.227 e. The fourth-order valence-corrected chi connectivity index (χ4v) is 4.28. The second kappa shape index (κ2) is 8.06. The van der Waals surface area contributed by atoms with E-state index in [1.165, 1.54) is 0 Å². The number of anilines is 3. The standard InChI is InChI=1S/C21H28N8O/c1-15-13-20(29-19(23-15)12-16(2)26-29)28-7-3-4-17(14-28)24-18-5-6-22-21(25-18)27-8-10-30-11-9-27/h5-6,12-13,17H,3-4,7-11,14H2,1-2H3,(H,22,24,25). The predicted octanol–water partition coefficient (Wildman–Crippen LogP) is 2.05. The van der Waals surface area contributed by atoms with Crippen molar-refractivity contribution in [2.75, 3.05) is 54.5 Å². The summed E-state index contributed by atoms with van der Waals surface area (Å²) in [6.45, 7) is 9.08. The molecule has 0 aromatic carbocycles. The molecule has 2 saturated heterocycles. The molecule has 3 aromatic heterocycles. The molecule has 1 N–H and O–H groups in total. The van der Waals surface area contributed by atoms with Crippen LogP contribution in [0.2, 0.25) is 0 Å². The number of nitrogens with zero attached hydrogens (tertiary/aromatic N) is 7. The SMILES string of the molecule is Cc1cc(N2CCCC(Nc3ccnc(N4CCOCC4)n3)C2)n2nc(C)cc2n1. The molecular weight excluding hydrogens is 380 g/mol. The van der Waals surface area contributed by atoms with E-state index in [2.05, 4.69) is 36.2 Å². The van der Waals surface area contributed by atoms with E-state index < -0.39 is 0 Å². The molecular formula is C21H28N8O. The minimum absolute atomic E-state index is 0.311. The normalized spacial score (nSPS) is 20.0. The van der Waals surface area contributed by atoms with Crippen LogP contribution in [-0.4, -0.2) is 70.0 Å². The molecule has 5 heterocycles. The number of rotatable bonds is 4. The molecule has 9 nitrogen and oxygen atoms in total. The maximum atomic E-state index is 5.44. The molecule has 0 bridgehead atoms. The van der Waals surface area contributed by atoms with Crippen LogP contribution in [0.5, 0.6) is 0 Å². The van der Waals surface area contributed by atoms with E-state index in [0.29, 0.717) is 6.04 Å². The van der Waals surface area contributed by atoms with Crippen LogP contribution in [-0.2, 0) is 4.74 Å². The molecule has 5 rings (SSSR count). The quantitative estimate of drug-likeness (QED) is 0.702. The van der Waals surface area contributed by atoms with Gasteiger partial charge in [0.2, 0.25) is 5.95 Å². The lowest BCUT2D eigenvalue weighted by Crippen LogP contribution is -2.43. The van der Waals surface area contributed by atoms with Gasteiger partial charge < -0.3 is 19.9 Å². The molecule has 9 heteroatoms. The molecule has 3 aromatic rings. The molecule has 0 radical (unpaired) electrons. The van der Waals surface area contributed by atoms with Gasteiger partial charge in [0.15, 0.2) is 5.65 Å². The Labute approximate surface area is 176 Å². The van der Waals surface area contributed by atoms with Gasteiger partial charge in [-0.1, -0.05) is 0 Å². The Hall–Kier alpha value is -2.94. The summed E-state index contributed by atoms with van der Waals surface area (Å²) in [6.07, 6.45) is 4.06. The van der Waals surface area contributed by atoms with Gasteiger partial charge in [-0.05, 0) is 32.8 Å². The first-order valence-electron chi connectivity index (χ1n) is 10.7. The number of piperidine rings is 1.